The van der Waals surface area contributed by atoms with E-state index in [9.17, 15) is 9.59 Å². The molecule has 3 rings (SSSR count). The van der Waals surface area contributed by atoms with Gasteiger partial charge in [-0.15, -0.1) is 0 Å². The van der Waals surface area contributed by atoms with E-state index in [1.807, 2.05) is 47.1 Å². The van der Waals surface area contributed by atoms with Crippen LogP contribution in [-0.2, 0) is 22.6 Å². The number of piperidine rings is 1. The number of aromatic nitrogens is 2. The highest BCUT2D eigenvalue weighted by molar-refractivity contribution is 5.83. The second-order valence-corrected chi connectivity index (χ2v) is 6.85. The van der Waals surface area contributed by atoms with Crippen LogP contribution in [-0.4, -0.2) is 51.2 Å². The maximum Gasteiger partial charge on any atom is 0.227 e. The average Bonchev–Trinajstić information content (AvgIpc) is 2.72. The van der Waals surface area contributed by atoms with Crippen LogP contribution in [0.15, 0.2) is 48.9 Å². The van der Waals surface area contributed by atoms with Gasteiger partial charge < -0.3 is 9.80 Å². The van der Waals surface area contributed by atoms with Crippen molar-refractivity contribution in [3.8, 4) is 0 Å². The fourth-order valence-electron chi connectivity index (χ4n) is 3.44. The minimum absolute atomic E-state index is 0.129. The van der Waals surface area contributed by atoms with E-state index in [0.717, 1.165) is 11.3 Å². The molecule has 0 N–H and O–H groups in total. The van der Waals surface area contributed by atoms with Crippen molar-refractivity contribution in [2.75, 3.05) is 19.6 Å². The molecule has 1 fully saturated rings. The summed E-state index contributed by atoms with van der Waals surface area (Å²) in [6.07, 6.45) is 7.02. The van der Waals surface area contributed by atoms with Crippen LogP contribution in [0.1, 0.15) is 31.0 Å². The number of rotatable bonds is 7. The smallest absolute Gasteiger partial charge is 0.227 e. The summed E-state index contributed by atoms with van der Waals surface area (Å²) in [6.45, 7) is 4.33. The second kappa shape index (κ2) is 9.26. The van der Waals surface area contributed by atoms with Crippen LogP contribution in [0, 0.1) is 5.92 Å². The van der Waals surface area contributed by atoms with E-state index in [4.69, 9.17) is 0 Å². The van der Waals surface area contributed by atoms with Gasteiger partial charge in [-0.1, -0.05) is 6.07 Å². The molecule has 27 heavy (non-hydrogen) atoms. The number of carbonyl (C=O) groups is 2. The molecule has 0 unspecified atom stereocenters. The normalized spacial score (nSPS) is 17.0. The highest BCUT2D eigenvalue weighted by atomic mass is 16.2. The molecule has 142 valence electrons. The van der Waals surface area contributed by atoms with Gasteiger partial charge in [0.15, 0.2) is 0 Å². The number of amides is 2. The fourth-order valence-corrected chi connectivity index (χ4v) is 3.44. The first-order valence-corrected chi connectivity index (χ1v) is 9.52. The zero-order valence-electron chi connectivity index (χ0n) is 15.8. The van der Waals surface area contributed by atoms with Crippen LogP contribution in [0.25, 0.3) is 0 Å². The summed E-state index contributed by atoms with van der Waals surface area (Å²) in [6, 6.07) is 9.65. The summed E-state index contributed by atoms with van der Waals surface area (Å²) in [4.78, 5) is 37.3. The van der Waals surface area contributed by atoms with Crippen molar-refractivity contribution in [1.29, 1.82) is 0 Å². The van der Waals surface area contributed by atoms with Gasteiger partial charge in [-0.25, -0.2) is 0 Å². The molecule has 6 heteroatoms. The molecule has 1 aliphatic rings. The molecule has 2 aromatic heterocycles. The van der Waals surface area contributed by atoms with Gasteiger partial charge in [0, 0.05) is 63.3 Å². The van der Waals surface area contributed by atoms with Crippen LogP contribution in [0.2, 0.25) is 0 Å². The van der Waals surface area contributed by atoms with Crippen molar-refractivity contribution < 1.29 is 9.59 Å². The molecular formula is C21H26N4O2. The van der Waals surface area contributed by atoms with E-state index in [2.05, 4.69) is 9.97 Å². The van der Waals surface area contributed by atoms with E-state index in [-0.39, 0.29) is 17.7 Å². The highest BCUT2D eigenvalue weighted by Crippen LogP contribution is 2.21. The summed E-state index contributed by atoms with van der Waals surface area (Å²) in [5, 5.41) is 0. The van der Waals surface area contributed by atoms with Gasteiger partial charge in [-0.2, -0.15) is 0 Å². The van der Waals surface area contributed by atoms with Gasteiger partial charge in [0.2, 0.25) is 11.8 Å². The lowest BCUT2D eigenvalue weighted by atomic mass is 9.95. The Morgan fingerprint density at radius 3 is 2.74 bits per heavy atom. The number of hydrogen-bond acceptors (Lipinski definition) is 4. The monoisotopic (exact) mass is 366 g/mol. The number of nitrogens with zero attached hydrogens (tertiary/aromatic N) is 4. The summed E-state index contributed by atoms with van der Waals surface area (Å²) < 4.78 is 0. The maximum atomic E-state index is 13.0. The van der Waals surface area contributed by atoms with Crippen molar-refractivity contribution in [3.63, 3.8) is 0 Å². The second-order valence-electron chi connectivity index (χ2n) is 6.85. The van der Waals surface area contributed by atoms with Gasteiger partial charge >= 0.3 is 0 Å². The summed E-state index contributed by atoms with van der Waals surface area (Å²) in [5.41, 5.74) is 2.03. The standard InChI is InChI=1S/C21H26N4O2/c1-2-24(15-17-8-12-22-13-9-17)21(27)18-6-7-20(26)25(16-18)14-10-19-5-3-4-11-23-19/h3-5,8-9,11-13,18H,2,6-7,10,14-16H2,1H3/t18-/m1/s1. The van der Waals surface area contributed by atoms with Crippen LogP contribution in [0.3, 0.4) is 0 Å². The predicted molar refractivity (Wildman–Crippen MR) is 103 cm³/mol. The topological polar surface area (TPSA) is 66.4 Å². The summed E-state index contributed by atoms with van der Waals surface area (Å²) in [5.74, 6) is 0.130. The summed E-state index contributed by atoms with van der Waals surface area (Å²) >= 11 is 0. The Hall–Kier alpha value is -2.76. The minimum atomic E-state index is -0.131. The van der Waals surface area contributed by atoms with E-state index in [1.165, 1.54) is 0 Å². The van der Waals surface area contributed by atoms with Crippen molar-refractivity contribution in [2.45, 2.75) is 32.7 Å². The number of pyridine rings is 2. The van der Waals surface area contributed by atoms with Crippen LogP contribution < -0.4 is 0 Å². The molecule has 0 aliphatic carbocycles. The van der Waals surface area contributed by atoms with Gasteiger partial charge in [-0.3, -0.25) is 19.6 Å². The molecule has 2 amide bonds. The van der Waals surface area contributed by atoms with Crippen LogP contribution in [0.5, 0.6) is 0 Å². The molecule has 1 atom stereocenters. The largest absolute Gasteiger partial charge is 0.342 e. The van der Waals surface area contributed by atoms with Crippen molar-refractivity contribution in [1.82, 2.24) is 19.8 Å². The minimum Gasteiger partial charge on any atom is -0.342 e. The van der Waals surface area contributed by atoms with Crippen LogP contribution in [0.4, 0.5) is 0 Å². The quantitative estimate of drug-likeness (QED) is 0.754. The van der Waals surface area contributed by atoms with E-state index in [0.29, 0.717) is 45.4 Å². The maximum absolute atomic E-state index is 13.0. The lowest BCUT2D eigenvalue weighted by molar-refractivity contribution is -0.143. The molecule has 0 spiro atoms. The third-order valence-corrected chi connectivity index (χ3v) is 5.03. The Morgan fingerprint density at radius 1 is 1.22 bits per heavy atom. The zero-order chi connectivity index (χ0) is 19.1. The summed E-state index contributed by atoms with van der Waals surface area (Å²) in [7, 11) is 0. The molecule has 0 bridgehead atoms. The number of likely N-dealkylation sites (tertiary alicyclic amines) is 1. The predicted octanol–water partition coefficient (Wildman–Crippen LogP) is 2.31. The SMILES string of the molecule is CCN(Cc1ccncc1)C(=O)[C@@H]1CCC(=O)N(CCc2ccccn2)C1. The van der Waals surface area contributed by atoms with Gasteiger partial charge in [-0.05, 0) is 43.2 Å². The lowest BCUT2D eigenvalue weighted by Gasteiger charge is -2.34. The lowest BCUT2D eigenvalue weighted by Crippen LogP contribution is -2.47. The number of hydrogen-bond donors (Lipinski definition) is 0. The Morgan fingerprint density at radius 2 is 2.04 bits per heavy atom. The van der Waals surface area contributed by atoms with E-state index >= 15 is 0 Å². The fraction of sp³-hybridized carbons (Fsp3) is 0.429. The van der Waals surface area contributed by atoms with Crippen molar-refractivity contribution >= 4 is 11.8 Å². The molecule has 1 aliphatic heterocycles. The van der Waals surface area contributed by atoms with Crippen LogP contribution >= 0.6 is 0 Å². The first-order chi connectivity index (χ1) is 13.2. The Bertz CT molecular complexity index is 751. The molecular weight excluding hydrogens is 340 g/mol. The van der Waals surface area contributed by atoms with Gasteiger partial charge in [0.1, 0.15) is 0 Å². The van der Waals surface area contributed by atoms with Gasteiger partial charge in [0.25, 0.3) is 0 Å². The van der Waals surface area contributed by atoms with Gasteiger partial charge in [0.05, 0.1) is 5.92 Å². The molecule has 1 saturated heterocycles. The zero-order valence-corrected chi connectivity index (χ0v) is 15.8. The molecule has 0 radical (unpaired) electrons. The third kappa shape index (κ3) is 5.12. The molecule has 2 aromatic rings. The first kappa shape index (κ1) is 19.0. The highest BCUT2D eigenvalue weighted by Gasteiger charge is 2.32. The Labute approximate surface area is 160 Å². The molecule has 0 aromatic carbocycles. The Balaban J connectivity index is 1.59. The Kier molecular flexibility index (Phi) is 6.52. The molecule has 3 heterocycles. The molecule has 6 nitrogen and oxygen atoms in total. The first-order valence-electron chi connectivity index (χ1n) is 9.52. The molecule has 0 saturated carbocycles. The van der Waals surface area contributed by atoms with E-state index in [1.54, 1.807) is 18.6 Å². The third-order valence-electron chi connectivity index (χ3n) is 5.03. The van der Waals surface area contributed by atoms with E-state index < -0.39 is 0 Å². The average molecular weight is 366 g/mol. The number of carbonyl (C=O) groups excluding carboxylic acids is 2. The van der Waals surface area contributed by atoms with Crippen molar-refractivity contribution in [3.05, 3.63) is 60.2 Å². The van der Waals surface area contributed by atoms with Crippen molar-refractivity contribution in [2.24, 2.45) is 5.92 Å².